The summed E-state index contributed by atoms with van der Waals surface area (Å²) in [4.78, 5) is 20.7. The van der Waals surface area contributed by atoms with Gasteiger partial charge < -0.3 is 34.9 Å². The normalized spacial score (nSPS) is 18.7. The van der Waals surface area contributed by atoms with E-state index in [0.717, 1.165) is 62.4 Å². The van der Waals surface area contributed by atoms with Gasteiger partial charge in [0.15, 0.2) is 0 Å². The predicted octanol–water partition coefficient (Wildman–Crippen LogP) is 5.92. The first kappa shape index (κ1) is 34.4. The third-order valence-electron chi connectivity index (χ3n) is 9.62. The van der Waals surface area contributed by atoms with Crippen LogP contribution in [-0.2, 0) is 16.3 Å². The number of anilines is 5. The van der Waals surface area contributed by atoms with E-state index in [4.69, 9.17) is 14.5 Å². The lowest BCUT2D eigenvalue weighted by Gasteiger charge is -2.45. The summed E-state index contributed by atoms with van der Waals surface area (Å²) in [5.74, 6) is 1.99. The molecule has 2 aromatic carbocycles. The molecule has 1 atom stereocenters. The monoisotopic (exact) mass is 760 g/mol. The van der Waals surface area contributed by atoms with Crippen molar-refractivity contribution in [2.45, 2.75) is 25.4 Å². The molecule has 0 radical (unpaired) electrons. The van der Waals surface area contributed by atoms with Gasteiger partial charge in [-0.2, -0.15) is 10.1 Å². The van der Waals surface area contributed by atoms with Crippen LogP contribution in [0.3, 0.4) is 0 Å². The number of nitrogens with zero attached hydrogens (tertiary/aromatic N) is 7. The number of hydrogen-bond donors (Lipinski definition) is 3. The van der Waals surface area contributed by atoms with E-state index in [2.05, 4.69) is 75.9 Å². The second kappa shape index (κ2) is 13.9. The van der Waals surface area contributed by atoms with Gasteiger partial charge in [0.25, 0.3) is 0 Å². The molecule has 2 fully saturated rings. The molecule has 3 N–H and O–H groups in total. The number of piperidine rings is 1. The molecule has 0 spiro atoms. The second-order valence-electron chi connectivity index (χ2n) is 13.4. The highest BCUT2D eigenvalue weighted by molar-refractivity contribution is 9.10. The Labute approximate surface area is 300 Å². The Hall–Kier alpha value is -4.10. The first-order valence-electron chi connectivity index (χ1n) is 16.7. The summed E-state index contributed by atoms with van der Waals surface area (Å²) in [5, 5.41) is 15.4. The van der Waals surface area contributed by atoms with Gasteiger partial charge in [0, 0.05) is 80.9 Å². The molecule has 2 aliphatic heterocycles. The van der Waals surface area contributed by atoms with Crippen LogP contribution in [0.4, 0.5) is 28.8 Å². The minimum Gasteiger partial charge on any atom is -0.494 e. The molecule has 5 heterocycles. The van der Waals surface area contributed by atoms with E-state index in [0.29, 0.717) is 55.6 Å². The molecular weight excluding hydrogens is 719 g/mol. The minimum absolute atomic E-state index is 0.142. The van der Waals surface area contributed by atoms with Crippen molar-refractivity contribution in [3.05, 3.63) is 59.7 Å². The fourth-order valence-electron chi connectivity index (χ4n) is 7.06. The Morgan fingerprint density at radius 1 is 1.08 bits per heavy atom. The Morgan fingerprint density at radius 3 is 2.58 bits per heavy atom. The van der Waals surface area contributed by atoms with E-state index < -0.39 is 7.14 Å². The fraction of sp³-hybridized carbons (Fsp3) is 0.400. The lowest BCUT2D eigenvalue weighted by molar-refractivity contribution is -0.0968. The number of methoxy groups -OCH3 is 1. The van der Waals surface area contributed by atoms with Crippen molar-refractivity contribution in [2.75, 3.05) is 68.8 Å². The summed E-state index contributed by atoms with van der Waals surface area (Å²) in [6.07, 6.45) is 10.9. The van der Waals surface area contributed by atoms with Gasteiger partial charge >= 0.3 is 0 Å². The quantitative estimate of drug-likeness (QED) is 0.154. The highest BCUT2D eigenvalue weighted by Gasteiger charge is 2.39. The molecule has 0 unspecified atom stereocenters. The Bertz CT molecular complexity index is 2070. The molecule has 2 saturated heterocycles. The number of ether oxygens (including phenoxy) is 2. The zero-order valence-corrected chi connectivity index (χ0v) is 31.4. The van der Waals surface area contributed by atoms with E-state index in [1.54, 1.807) is 39.0 Å². The number of morpholine rings is 1. The zero-order chi connectivity index (χ0) is 35.0. The topological polar surface area (TPSA) is 144 Å². The molecule has 2 aliphatic rings. The first-order valence-corrected chi connectivity index (χ1v) is 20.1. The van der Waals surface area contributed by atoms with Crippen molar-refractivity contribution in [3.8, 4) is 16.9 Å². The van der Waals surface area contributed by atoms with E-state index in [1.165, 1.54) is 0 Å². The SMILES string of the molecule is COc1cc(N2CCC([C@@]3(C)CNCCO3)CC2)c(-c2cnn(C)c2)cc1Nc1ncc(Br)c(Nc2ccc3nccnc3c2P(C)(C)=O)n1. The minimum atomic E-state index is -2.77. The smallest absolute Gasteiger partial charge is 0.229 e. The maximum atomic E-state index is 13.5. The summed E-state index contributed by atoms with van der Waals surface area (Å²) >= 11 is 3.59. The molecule has 0 saturated carbocycles. The molecule has 0 aliphatic carbocycles. The number of aryl methyl sites for hydroxylation is 1. The highest BCUT2D eigenvalue weighted by Crippen LogP contribution is 2.44. The molecule has 15 heteroatoms. The molecule has 50 heavy (non-hydrogen) atoms. The highest BCUT2D eigenvalue weighted by atomic mass is 79.9. The van der Waals surface area contributed by atoms with Crippen LogP contribution in [0.5, 0.6) is 5.75 Å². The van der Waals surface area contributed by atoms with Crippen LogP contribution >= 0.6 is 23.1 Å². The predicted molar refractivity (Wildman–Crippen MR) is 202 cm³/mol. The third-order valence-corrected chi connectivity index (χ3v) is 11.7. The van der Waals surface area contributed by atoms with Crippen LogP contribution in [0.1, 0.15) is 19.8 Å². The van der Waals surface area contributed by atoms with Gasteiger partial charge in [-0.15, -0.1) is 0 Å². The van der Waals surface area contributed by atoms with Crippen LogP contribution in [0.2, 0.25) is 0 Å². The molecule has 5 aromatic rings. The Balaban J connectivity index is 1.20. The molecule has 262 valence electrons. The van der Waals surface area contributed by atoms with Crippen LogP contribution in [0, 0.1) is 5.92 Å². The number of benzene rings is 2. The molecule has 13 nitrogen and oxygen atoms in total. The van der Waals surface area contributed by atoms with E-state index in [1.807, 2.05) is 36.3 Å². The number of hydrogen-bond acceptors (Lipinski definition) is 12. The zero-order valence-electron chi connectivity index (χ0n) is 28.9. The Morgan fingerprint density at radius 2 is 1.88 bits per heavy atom. The second-order valence-corrected chi connectivity index (χ2v) is 17.5. The summed E-state index contributed by atoms with van der Waals surface area (Å²) in [7, 11) is 0.819. The van der Waals surface area contributed by atoms with Gasteiger partial charge in [-0.25, -0.2) is 4.98 Å². The summed E-state index contributed by atoms with van der Waals surface area (Å²) in [5.41, 5.74) is 5.59. The van der Waals surface area contributed by atoms with E-state index in [-0.39, 0.29) is 5.60 Å². The van der Waals surface area contributed by atoms with Crippen molar-refractivity contribution < 1.29 is 14.0 Å². The third kappa shape index (κ3) is 6.94. The van der Waals surface area contributed by atoms with Gasteiger partial charge in [-0.05, 0) is 73.1 Å². The van der Waals surface area contributed by atoms with Gasteiger partial charge in [0.05, 0.1) is 52.2 Å². The molecule has 0 bridgehead atoms. The lowest BCUT2D eigenvalue weighted by atomic mass is 9.80. The summed E-state index contributed by atoms with van der Waals surface area (Å²) in [6, 6.07) is 7.88. The van der Waals surface area contributed by atoms with Gasteiger partial charge in [0.2, 0.25) is 5.95 Å². The average Bonchev–Trinajstić information content (AvgIpc) is 3.55. The number of halogens is 1. The lowest BCUT2D eigenvalue weighted by Crippen LogP contribution is -2.54. The van der Waals surface area contributed by atoms with Crippen LogP contribution < -0.4 is 30.9 Å². The maximum absolute atomic E-state index is 13.5. The van der Waals surface area contributed by atoms with Gasteiger partial charge in [0.1, 0.15) is 24.2 Å². The first-order chi connectivity index (χ1) is 24.0. The number of rotatable bonds is 9. The molecule has 7 rings (SSSR count). The molecular formula is C35H42BrN10O3P. The Kier molecular flexibility index (Phi) is 9.55. The van der Waals surface area contributed by atoms with Crippen molar-refractivity contribution in [2.24, 2.45) is 13.0 Å². The van der Waals surface area contributed by atoms with E-state index >= 15 is 0 Å². The van der Waals surface area contributed by atoms with E-state index in [9.17, 15) is 4.57 Å². The number of nitrogens with one attached hydrogen (secondary N) is 3. The fourth-order valence-corrected chi connectivity index (χ4v) is 8.74. The van der Waals surface area contributed by atoms with Crippen LogP contribution in [-0.4, -0.2) is 88.5 Å². The standard InChI is InChI=1S/C35H42BrN10O3P/c1-35(21-37-12-15-49-35)23-8-13-46(14-9-23)29-17-30(48-3)28(16-24(29)22-18-41-45(2)20-22)43-34-40-19-25(36)33(44-34)42-27-7-6-26-31(39-11-10-38-26)32(27)50(4,5)47/h6-7,10-11,16-20,23,37H,8-9,12-15,21H2,1-5H3,(H2,40,42,43,44)/t35-/m1/s1. The summed E-state index contributed by atoms with van der Waals surface area (Å²) in [6.45, 7) is 10.1. The van der Waals surface area contributed by atoms with Crippen molar-refractivity contribution in [1.82, 2.24) is 35.0 Å². The average molecular weight is 762 g/mol. The molecule has 3 aromatic heterocycles. The molecule has 0 amide bonds. The van der Waals surface area contributed by atoms with Crippen LogP contribution in [0.15, 0.2) is 59.7 Å². The number of fused-ring (bicyclic) bond motifs is 1. The van der Waals surface area contributed by atoms with Crippen molar-refractivity contribution in [3.63, 3.8) is 0 Å². The van der Waals surface area contributed by atoms with Gasteiger partial charge in [-0.3, -0.25) is 14.6 Å². The summed E-state index contributed by atoms with van der Waals surface area (Å²) < 4.78 is 28.2. The number of aromatic nitrogens is 6. The maximum Gasteiger partial charge on any atom is 0.229 e. The largest absolute Gasteiger partial charge is 0.494 e. The van der Waals surface area contributed by atoms with Crippen molar-refractivity contribution in [1.29, 1.82) is 0 Å². The van der Waals surface area contributed by atoms with Crippen molar-refractivity contribution >= 4 is 68.2 Å². The van der Waals surface area contributed by atoms with Gasteiger partial charge in [-0.1, -0.05) is 0 Å². The van der Waals surface area contributed by atoms with Crippen LogP contribution in [0.25, 0.3) is 22.2 Å².